The molecule has 7 nitrogen and oxygen atoms in total. The first-order chi connectivity index (χ1) is 9.51. The molecule has 116 valence electrons. The Hall–Kier alpha value is -1.18. The molecule has 0 radical (unpaired) electrons. The minimum absolute atomic E-state index is 0.0148. The van der Waals surface area contributed by atoms with Crippen molar-refractivity contribution < 1.29 is 19.8 Å². The van der Waals surface area contributed by atoms with Crippen LogP contribution >= 0.6 is 0 Å². The molecule has 0 aromatic carbocycles. The van der Waals surface area contributed by atoms with E-state index >= 15 is 0 Å². The summed E-state index contributed by atoms with van der Waals surface area (Å²) in [7, 11) is 0. The van der Waals surface area contributed by atoms with Crippen LogP contribution in [0.4, 0.5) is 0 Å². The van der Waals surface area contributed by atoms with Crippen molar-refractivity contribution in [1.29, 1.82) is 0 Å². The second-order valence-electron chi connectivity index (χ2n) is 5.18. The summed E-state index contributed by atoms with van der Waals surface area (Å²) in [5.41, 5.74) is 0. The number of hydrogen-bond acceptors (Lipinski definition) is 5. The van der Waals surface area contributed by atoms with E-state index in [0.29, 0.717) is 26.2 Å². The summed E-state index contributed by atoms with van der Waals surface area (Å²) in [6.07, 6.45) is 1.04. The number of carboxylic acid groups (broad SMARTS) is 2. The Kier molecular flexibility index (Phi) is 7.50. The quantitative estimate of drug-likeness (QED) is 0.680. The fourth-order valence-electron chi connectivity index (χ4n) is 2.42. The number of hydrogen-bond donors (Lipinski definition) is 2. The molecule has 1 heterocycles. The minimum Gasteiger partial charge on any atom is -0.480 e. The van der Waals surface area contributed by atoms with Crippen LogP contribution in [0, 0.1) is 0 Å². The second-order valence-corrected chi connectivity index (χ2v) is 5.18. The molecule has 0 aromatic heterocycles. The van der Waals surface area contributed by atoms with Crippen molar-refractivity contribution in [2.24, 2.45) is 0 Å². The summed E-state index contributed by atoms with van der Waals surface area (Å²) in [4.78, 5) is 27.7. The lowest BCUT2D eigenvalue weighted by Crippen LogP contribution is -2.40. The molecular weight excluding hydrogens is 262 g/mol. The zero-order valence-electron chi connectivity index (χ0n) is 12.1. The van der Waals surface area contributed by atoms with Crippen LogP contribution in [0.15, 0.2) is 0 Å². The Morgan fingerprint density at radius 2 is 1.15 bits per heavy atom. The molecule has 1 aliphatic heterocycles. The van der Waals surface area contributed by atoms with E-state index in [0.717, 1.165) is 26.1 Å². The molecule has 1 aliphatic rings. The molecule has 1 fully saturated rings. The fourth-order valence-corrected chi connectivity index (χ4v) is 2.42. The van der Waals surface area contributed by atoms with Gasteiger partial charge in [-0.15, -0.1) is 0 Å². The first-order valence-electron chi connectivity index (χ1n) is 7.12. The summed E-state index contributed by atoms with van der Waals surface area (Å²) in [6, 6.07) is 0. The average molecular weight is 287 g/mol. The van der Waals surface area contributed by atoms with Crippen LogP contribution in [0.2, 0.25) is 0 Å². The Bertz CT molecular complexity index is 297. The zero-order chi connectivity index (χ0) is 15.0. The summed E-state index contributed by atoms with van der Waals surface area (Å²) >= 11 is 0. The Labute approximate surface area is 119 Å². The predicted octanol–water partition coefficient (Wildman–Crippen LogP) is -0.515. The van der Waals surface area contributed by atoms with Gasteiger partial charge < -0.3 is 15.1 Å². The van der Waals surface area contributed by atoms with E-state index < -0.39 is 11.9 Å². The van der Waals surface area contributed by atoms with Crippen LogP contribution in [0.3, 0.4) is 0 Å². The minimum atomic E-state index is -0.837. The molecule has 0 saturated carbocycles. The van der Waals surface area contributed by atoms with E-state index in [2.05, 4.69) is 11.8 Å². The van der Waals surface area contributed by atoms with E-state index in [1.807, 2.05) is 9.80 Å². The normalized spacial score (nSPS) is 20.1. The summed E-state index contributed by atoms with van der Waals surface area (Å²) < 4.78 is 0. The van der Waals surface area contributed by atoms with Gasteiger partial charge in [0.05, 0.1) is 13.1 Å². The van der Waals surface area contributed by atoms with Crippen molar-refractivity contribution in [3.8, 4) is 0 Å². The predicted molar refractivity (Wildman–Crippen MR) is 74.9 cm³/mol. The van der Waals surface area contributed by atoms with Gasteiger partial charge in [0.1, 0.15) is 0 Å². The highest BCUT2D eigenvalue weighted by Gasteiger charge is 2.18. The van der Waals surface area contributed by atoms with Crippen LogP contribution in [-0.2, 0) is 9.59 Å². The first-order valence-corrected chi connectivity index (χ1v) is 7.12. The lowest BCUT2D eigenvalue weighted by atomic mass is 10.3. The van der Waals surface area contributed by atoms with Crippen LogP contribution in [0.25, 0.3) is 0 Å². The lowest BCUT2D eigenvalue weighted by molar-refractivity contribution is -0.140. The topological polar surface area (TPSA) is 84.3 Å². The number of rotatable bonds is 6. The maximum atomic E-state index is 10.9. The SMILES string of the molecule is CCCN1CCN(CC(=O)O)CCN(CC(=O)O)CC1. The number of aliphatic carboxylic acids is 2. The number of carbonyl (C=O) groups is 2. The fraction of sp³-hybridized carbons (Fsp3) is 0.846. The first kappa shape index (κ1) is 16.9. The van der Waals surface area contributed by atoms with E-state index in [1.54, 1.807) is 0 Å². The number of carboxylic acids is 2. The molecule has 0 aliphatic carbocycles. The molecule has 0 spiro atoms. The Balaban J connectivity index is 2.62. The smallest absolute Gasteiger partial charge is 0.317 e. The monoisotopic (exact) mass is 287 g/mol. The summed E-state index contributed by atoms with van der Waals surface area (Å²) in [6.45, 7) is 7.39. The van der Waals surface area contributed by atoms with Gasteiger partial charge in [-0.3, -0.25) is 19.4 Å². The molecule has 0 aromatic rings. The van der Waals surface area contributed by atoms with E-state index in [9.17, 15) is 9.59 Å². The van der Waals surface area contributed by atoms with Crippen molar-refractivity contribution in [3.05, 3.63) is 0 Å². The Morgan fingerprint density at radius 3 is 1.45 bits per heavy atom. The van der Waals surface area contributed by atoms with Crippen molar-refractivity contribution in [2.75, 3.05) is 58.9 Å². The van der Waals surface area contributed by atoms with Crippen LogP contribution in [-0.4, -0.2) is 95.8 Å². The standard InChI is InChI=1S/C13H25N3O4/c1-2-3-14-4-6-15(10-12(17)18)8-9-16(7-5-14)11-13(19)20/h2-11H2,1H3,(H,17,18)(H,19,20). The van der Waals surface area contributed by atoms with Gasteiger partial charge in [-0.05, 0) is 13.0 Å². The van der Waals surface area contributed by atoms with Crippen molar-refractivity contribution in [2.45, 2.75) is 13.3 Å². The van der Waals surface area contributed by atoms with Gasteiger partial charge in [-0.2, -0.15) is 0 Å². The van der Waals surface area contributed by atoms with Gasteiger partial charge in [0.15, 0.2) is 0 Å². The van der Waals surface area contributed by atoms with E-state index in [1.165, 1.54) is 0 Å². The molecule has 20 heavy (non-hydrogen) atoms. The van der Waals surface area contributed by atoms with Crippen LogP contribution in [0.5, 0.6) is 0 Å². The summed E-state index contributed by atoms with van der Waals surface area (Å²) in [5.74, 6) is -1.67. The van der Waals surface area contributed by atoms with Crippen LogP contribution in [0.1, 0.15) is 13.3 Å². The second kappa shape index (κ2) is 8.89. The largest absolute Gasteiger partial charge is 0.480 e. The third-order valence-electron chi connectivity index (χ3n) is 3.45. The van der Waals surface area contributed by atoms with Crippen molar-refractivity contribution >= 4 is 11.9 Å². The molecule has 1 saturated heterocycles. The molecule has 0 unspecified atom stereocenters. The zero-order valence-corrected chi connectivity index (χ0v) is 12.1. The van der Waals surface area contributed by atoms with Gasteiger partial charge in [-0.25, -0.2) is 0 Å². The summed E-state index contributed by atoms with van der Waals surface area (Å²) in [5, 5.41) is 17.8. The van der Waals surface area contributed by atoms with Gasteiger partial charge in [-0.1, -0.05) is 6.92 Å². The van der Waals surface area contributed by atoms with E-state index in [4.69, 9.17) is 10.2 Å². The van der Waals surface area contributed by atoms with E-state index in [-0.39, 0.29) is 13.1 Å². The molecule has 2 N–H and O–H groups in total. The highest BCUT2D eigenvalue weighted by Crippen LogP contribution is 2.01. The molecule has 0 amide bonds. The Morgan fingerprint density at radius 1 is 0.800 bits per heavy atom. The third kappa shape index (κ3) is 6.83. The van der Waals surface area contributed by atoms with Gasteiger partial charge in [0.2, 0.25) is 0 Å². The maximum Gasteiger partial charge on any atom is 0.317 e. The number of nitrogens with zero attached hydrogens (tertiary/aromatic N) is 3. The molecular formula is C13H25N3O4. The molecule has 1 rings (SSSR count). The third-order valence-corrected chi connectivity index (χ3v) is 3.45. The molecule has 0 bridgehead atoms. The van der Waals surface area contributed by atoms with Gasteiger partial charge in [0, 0.05) is 39.3 Å². The van der Waals surface area contributed by atoms with Gasteiger partial charge >= 0.3 is 11.9 Å². The highest BCUT2D eigenvalue weighted by molar-refractivity contribution is 5.69. The molecule has 0 atom stereocenters. The average Bonchev–Trinajstić information content (AvgIpc) is 2.43. The maximum absolute atomic E-state index is 10.9. The van der Waals surface area contributed by atoms with Crippen LogP contribution < -0.4 is 0 Å². The van der Waals surface area contributed by atoms with Crippen molar-refractivity contribution in [1.82, 2.24) is 14.7 Å². The lowest BCUT2D eigenvalue weighted by Gasteiger charge is -2.24. The van der Waals surface area contributed by atoms with Gasteiger partial charge in [0.25, 0.3) is 0 Å². The van der Waals surface area contributed by atoms with Crippen molar-refractivity contribution in [3.63, 3.8) is 0 Å². The molecule has 7 heteroatoms. The highest BCUT2D eigenvalue weighted by atomic mass is 16.4.